The van der Waals surface area contributed by atoms with Crippen LogP contribution in [0.25, 0.3) is 10.8 Å². The molecular formula is C15H17NO3. The summed E-state index contributed by atoms with van der Waals surface area (Å²) in [5.41, 5.74) is 1.06. The monoisotopic (exact) mass is 259 g/mol. The second-order valence-electron chi connectivity index (χ2n) is 4.49. The van der Waals surface area contributed by atoms with E-state index in [1.807, 2.05) is 30.3 Å². The van der Waals surface area contributed by atoms with Gasteiger partial charge in [-0.2, -0.15) is 0 Å². The van der Waals surface area contributed by atoms with Crippen molar-refractivity contribution < 1.29 is 14.6 Å². The van der Waals surface area contributed by atoms with Crippen LogP contribution >= 0.6 is 0 Å². The Morgan fingerprint density at radius 2 is 1.95 bits per heavy atom. The maximum atomic E-state index is 10.7. The van der Waals surface area contributed by atoms with Gasteiger partial charge in [0.15, 0.2) is 0 Å². The molecule has 0 aromatic heterocycles. The molecule has 0 aliphatic heterocycles. The molecule has 0 aliphatic carbocycles. The Balaban J connectivity index is 2.15. The standard InChI is InChI=1S/C15H17NO3/c1-10(15(17)18)16-9-11-3-4-13-8-14(19-2)6-5-12(13)7-11/h3-8,10,16H,9H2,1-2H3,(H,17,18). The molecule has 0 saturated carbocycles. The molecule has 0 fully saturated rings. The third kappa shape index (κ3) is 3.23. The van der Waals surface area contributed by atoms with Crippen molar-refractivity contribution in [3.8, 4) is 5.75 Å². The van der Waals surface area contributed by atoms with Gasteiger partial charge in [-0.3, -0.25) is 4.79 Å². The number of carboxylic acids is 1. The molecule has 0 spiro atoms. The minimum atomic E-state index is -0.842. The molecule has 4 heteroatoms. The molecule has 0 radical (unpaired) electrons. The summed E-state index contributed by atoms with van der Waals surface area (Å²) >= 11 is 0. The Hall–Kier alpha value is -2.07. The first kappa shape index (κ1) is 13.4. The maximum Gasteiger partial charge on any atom is 0.320 e. The maximum absolute atomic E-state index is 10.7. The molecule has 1 atom stereocenters. The van der Waals surface area contributed by atoms with E-state index in [9.17, 15) is 4.79 Å². The predicted molar refractivity (Wildman–Crippen MR) is 74.4 cm³/mol. The van der Waals surface area contributed by atoms with Gasteiger partial charge in [0, 0.05) is 6.54 Å². The van der Waals surface area contributed by atoms with Crippen LogP contribution in [-0.2, 0) is 11.3 Å². The smallest absolute Gasteiger partial charge is 0.320 e. The second kappa shape index (κ2) is 5.71. The molecule has 19 heavy (non-hydrogen) atoms. The molecule has 2 rings (SSSR count). The molecule has 1 unspecified atom stereocenters. The topological polar surface area (TPSA) is 58.6 Å². The van der Waals surface area contributed by atoms with Crippen LogP contribution < -0.4 is 10.1 Å². The Morgan fingerprint density at radius 3 is 2.63 bits per heavy atom. The number of aliphatic carboxylic acids is 1. The first-order chi connectivity index (χ1) is 9.10. The lowest BCUT2D eigenvalue weighted by Gasteiger charge is -2.10. The van der Waals surface area contributed by atoms with E-state index in [1.165, 1.54) is 0 Å². The summed E-state index contributed by atoms with van der Waals surface area (Å²) in [6.07, 6.45) is 0. The van der Waals surface area contributed by atoms with Crippen molar-refractivity contribution in [2.45, 2.75) is 19.5 Å². The number of rotatable bonds is 5. The number of hydrogen-bond donors (Lipinski definition) is 2. The van der Waals surface area contributed by atoms with E-state index in [4.69, 9.17) is 9.84 Å². The highest BCUT2D eigenvalue weighted by atomic mass is 16.5. The highest BCUT2D eigenvalue weighted by Crippen LogP contribution is 2.21. The van der Waals surface area contributed by atoms with Gasteiger partial charge in [0.1, 0.15) is 11.8 Å². The molecule has 0 saturated heterocycles. The second-order valence-corrected chi connectivity index (χ2v) is 4.49. The predicted octanol–water partition coefficient (Wildman–Crippen LogP) is 2.41. The lowest BCUT2D eigenvalue weighted by Crippen LogP contribution is -2.33. The zero-order valence-corrected chi connectivity index (χ0v) is 11.0. The van der Waals surface area contributed by atoms with E-state index >= 15 is 0 Å². The van der Waals surface area contributed by atoms with Crippen molar-refractivity contribution in [3.63, 3.8) is 0 Å². The molecular weight excluding hydrogens is 242 g/mol. The van der Waals surface area contributed by atoms with Crippen molar-refractivity contribution >= 4 is 16.7 Å². The number of carbonyl (C=O) groups is 1. The fourth-order valence-electron chi connectivity index (χ4n) is 1.87. The fourth-order valence-corrected chi connectivity index (χ4v) is 1.87. The number of hydrogen-bond acceptors (Lipinski definition) is 3. The first-order valence-corrected chi connectivity index (χ1v) is 6.13. The van der Waals surface area contributed by atoms with Gasteiger partial charge in [0.2, 0.25) is 0 Å². The number of benzene rings is 2. The van der Waals surface area contributed by atoms with E-state index in [2.05, 4.69) is 11.4 Å². The molecule has 2 aromatic rings. The van der Waals surface area contributed by atoms with Crippen molar-refractivity contribution in [1.82, 2.24) is 5.32 Å². The van der Waals surface area contributed by atoms with Gasteiger partial charge in [-0.15, -0.1) is 0 Å². The van der Waals surface area contributed by atoms with Crippen LogP contribution in [0, 0.1) is 0 Å². The molecule has 2 aromatic carbocycles. The van der Waals surface area contributed by atoms with Gasteiger partial charge in [0.05, 0.1) is 7.11 Å². The lowest BCUT2D eigenvalue weighted by atomic mass is 10.1. The summed E-state index contributed by atoms with van der Waals surface area (Å²) in [6.45, 7) is 2.17. The van der Waals surface area contributed by atoms with E-state index in [-0.39, 0.29) is 0 Å². The van der Waals surface area contributed by atoms with Gasteiger partial charge in [-0.05, 0) is 41.5 Å². The Morgan fingerprint density at radius 1 is 1.26 bits per heavy atom. The summed E-state index contributed by atoms with van der Waals surface area (Å²) in [6, 6.07) is 11.4. The lowest BCUT2D eigenvalue weighted by molar-refractivity contribution is -0.139. The van der Waals surface area contributed by atoms with Crippen LogP contribution in [0.2, 0.25) is 0 Å². The van der Waals surface area contributed by atoms with E-state index in [0.29, 0.717) is 6.54 Å². The average Bonchev–Trinajstić information content (AvgIpc) is 2.43. The number of fused-ring (bicyclic) bond motifs is 1. The number of nitrogens with one attached hydrogen (secondary N) is 1. The Labute approximate surface area is 112 Å². The van der Waals surface area contributed by atoms with Crippen molar-refractivity contribution in [3.05, 3.63) is 42.0 Å². The third-order valence-electron chi connectivity index (χ3n) is 3.09. The third-order valence-corrected chi connectivity index (χ3v) is 3.09. The fraction of sp³-hybridized carbons (Fsp3) is 0.267. The largest absolute Gasteiger partial charge is 0.497 e. The molecule has 0 bridgehead atoms. The molecule has 2 N–H and O–H groups in total. The van der Waals surface area contributed by atoms with Gasteiger partial charge in [0.25, 0.3) is 0 Å². The van der Waals surface area contributed by atoms with Gasteiger partial charge < -0.3 is 15.2 Å². The Bertz CT molecular complexity index is 595. The quantitative estimate of drug-likeness (QED) is 0.865. The molecule has 100 valence electrons. The average molecular weight is 259 g/mol. The summed E-state index contributed by atoms with van der Waals surface area (Å²) in [7, 11) is 1.65. The summed E-state index contributed by atoms with van der Waals surface area (Å²) in [4.78, 5) is 10.7. The summed E-state index contributed by atoms with van der Waals surface area (Å²) < 4.78 is 5.18. The Kier molecular flexibility index (Phi) is 4.02. The van der Waals surface area contributed by atoms with E-state index in [0.717, 1.165) is 22.1 Å². The molecule has 0 heterocycles. The van der Waals surface area contributed by atoms with Gasteiger partial charge in [-0.1, -0.05) is 18.2 Å². The van der Waals surface area contributed by atoms with Gasteiger partial charge in [-0.25, -0.2) is 0 Å². The van der Waals surface area contributed by atoms with E-state index < -0.39 is 12.0 Å². The number of ether oxygens (including phenoxy) is 1. The normalized spacial score (nSPS) is 12.3. The SMILES string of the molecule is COc1ccc2cc(CNC(C)C(=O)O)ccc2c1. The van der Waals surface area contributed by atoms with Crippen LogP contribution in [-0.4, -0.2) is 24.2 Å². The molecule has 4 nitrogen and oxygen atoms in total. The number of carboxylic acid groups (broad SMARTS) is 1. The van der Waals surface area contributed by atoms with Crippen molar-refractivity contribution in [2.75, 3.05) is 7.11 Å². The minimum Gasteiger partial charge on any atom is -0.497 e. The van der Waals surface area contributed by atoms with Crippen molar-refractivity contribution in [2.24, 2.45) is 0 Å². The number of methoxy groups -OCH3 is 1. The molecule has 0 aliphatic rings. The zero-order valence-electron chi connectivity index (χ0n) is 11.0. The van der Waals surface area contributed by atoms with Crippen LogP contribution in [0.1, 0.15) is 12.5 Å². The van der Waals surface area contributed by atoms with Crippen LogP contribution in [0.15, 0.2) is 36.4 Å². The van der Waals surface area contributed by atoms with Crippen LogP contribution in [0.3, 0.4) is 0 Å². The van der Waals surface area contributed by atoms with E-state index in [1.54, 1.807) is 14.0 Å². The minimum absolute atomic E-state index is 0.537. The highest BCUT2D eigenvalue weighted by molar-refractivity contribution is 5.84. The van der Waals surface area contributed by atoms with Crippen LogP contribution in [0.5, 0.6) is 5.75 Å². The summed E-state index contributed by atoms with van der Waals surface area (Å²) in [5.74, 6) is -0.0107. The molecule has 0 amide bonds. The van der Waals surface area contributed by atoms with Crippen LogP contribution in [0.4, 0.5) is 0 Å². The van der Waals surface area contributed by atoms with Crippen molar-refractivity contribution in [1.29, 1.82) is 0 Å². The first-order valence-electron chi connectivity index (χ1n) is 6.13. The summed E-state index contributed by atoms with van der Waals surface area (Å²) in [5, 5.41) is 14.0. The van der Waals surface area contributed by atoms with Gasteiger partial charge >= 0.3 is 5.97 Å². The zero-order chi connectivity index (χ0) is 13.8. The highest BCUT2D eigenvalue weighted by Gasteiger charge is 2.09.